The highest BCUT2D eigenvalue weighted by Crippen LogP contribution is 2.23. The Kier molecular flexibility index (Phi) is 6.77. The third-order valence-electron chi connectivity index (χ3n) is 6.59. The van der Waals surface area contributed by atoms with Crippen molar-refractivity contribution in [2.24, 2.45) is 7.05 Å². The Balaban J connectivity index is 1.39. The van der Waals surface area contributed by atoms with Gasteiger partial charge in [-0.1, -0.05) is 54.4 Å². The molecule has 10 heteroatoms. The maximum absolute atomic E-state index is 12.9. The van der Waals surface area contributed by atoms with E-state index >= 15 is 0 Å². The number of benzene rings is 2. The van der Waals surface area contributed by atoms with E-state index in [-0.39, 0.29) is 29.2 Å². The van der Waals surface area contributed by atoms with E-state index in [1.807, 2.05) is 31.2 Å². The smallest absolute Gasteiger partial charge is 0.262 e. The minimum Gasteiger partial charge on any atom is -0.351 e. The SMILES string of the molecule is Cc1ccc(CNC(=O)CSc2nnc3n(C)c(=O)c4ccc(C(=O)NC5CCCC5)cc4n23)cc1. The predicted octanol–water partition coefficient (Wildman–Crippen LogP) is 2.97. The Morgan fingerprint density at radius 2 is 1.83 bits per heavy atom. The molecule has 2 amide bonds. The van der Waals surface area contributed by atoms with Crippen LogP contribution >= 0.6 is 11.8 Å². The summed E-state index contributed by atoms with van der Waals surface area (Å²) in [6.45, 7) is 2.46. The first-order valence-electron chi connectivity index (χ1n) is 12.0. The maximum atomic E-state index is 12.9. The second-order valence-corrected chi connectivity index (χ2v) is 10.2. The molecule has 2 aromatic carbocycles. The Morgan fingerprint density at radius 1 is 1.08 bits per heavy atom. The van der Waals surface area contributed by atoms with Gasteiger partial charge in [0.1, 0.15) is 0 Å². The zero-order valence-corrected chi connectivity index (χ0v) is 21.1. The molecule has 1 aliphatic rings. The van der Waals surface area contributed by atoms with Crippen LogP contribution in [0.3, 0.4) is 0 Å². The average molecular weight is 505 g/mol. The lowest BCUT2D eigenvalue weighted by atomic mass is 10.1. The van der Waals surface area contributed by atoms with Crippen LogP contribution in [0, 0.1) is 6.92 Å². The van der Waals surface area contributed by atoms with Gasteiger partial charge in [-0.05, 0) is 43.5 Å². The van der Waals surface area contributed by atoms with E-state index in [9.17, 15) is 14.4 Å². The van der Waals surface area contributed by atoms with Crippen LogP contribution in [0.1, 0.15) is 47.2 Å². The highest BCUT2D eigenvalue weighted by molar-refractivity contribution is 7.99. The lowest BCUT2D eigenvalue weighted by Gasteiger charge is -2.13. The second kappa shape index (κ2) is 10.1. The van der Waals surface area contributed by atoms with Gasteiger partial charge in [-0.3, -0.25) is 23.4 Å². The molecular weight excluding hydrogens is 476 g/mol. The van der Waals surface area contributed by atoms with Crippen LogP contribution in [0.15, 0.2) is 52.4 Å². The summed E-state index contributed by atoms with van der Waals surface area (Å²) in [4.78, 5) is 38.3. The molecule has 1 saturated carbocycles. The molecule has 2 heterocycles. The standard InChI is InChI=1S/C26H28N6O3S/c1-16-7-9-17(10-8-16)14-27-22(33)15-36-26-30-29-25-31(2)24(35)20-12-11-18(13-21(20)32(25)26)23(34)28-19-5-3-4-6-19/h7-13,19H,3-6,14-15H2,1-2H3,(H,27,33)(H,28,34). The minimum absolute atomic E-state index is 0.136. The van der Waals surface area contributed by atoms with E-state index < -0.39 is 0 Å². The number of thioether (sulfide) groups is 1. The van der Waals surface area contributed by atoms with E-state index in [0.717, 1.165) is 31.2 Å². The average Bonchev–Trinajstić information content (AvgIpc) is 3.55. The van der Waals surface area contributed by atoms with E-state index in [2.05, 4.69) is 20.8 Å². The molecule has 2 aromatic heterocycles. The highest BCUT2D eigenvalue weighted by Gasteiger charge is 2.20. The minimum atomic E-state index is -0.222. The fourth-order valence-corrected chi connectivity index (χ4v) is 5.29. The number of rotatable bonds is 7. The van der Waals surface area contributed by atoms with Crippen molar-refractivity contribution in [3.8, 4) is 0 Å². The van der Waals surface area contributed by atoms with E-state index in [4.69, 9.17) is 0 Å². The summed E-state index contributed by atoms with van der Waals surface area (Å²) < 4.78 is 3.16. The molecule has 0 atom stereocenters. The molecule has 186 valence electrons. The molecule has 0 spiro atoms. The van der Waals surface area contributed by atoms with Gasteiger partial charge < -0.3 is 10.6 Å². The quantitative estimate of drug-likeness (QED) is 0.375. The second-order valence-electron chi connectivity index (χ2n) is 9.22. The molecule has 0 unspecified atom stereocenters. The van der Waals surface area contributed by atoms with Crippen molar-refractivity contribution in [1.82, 2.24) is 29.8 Å². The summed E-state index contributed by atoms with van der Waals surface area (Å²) in [5.41, 5.74) is 2.99. The molecule has 0 aliphatic heterocycles. The third kappa shape index (κ3) is 4.86. The fraction of sp³-hybridized carbons (Fsp3) is 0.346. The van der Waals surface area contributed by atoms with Crippen molar-refractivity contribution in [3.05, 3.63) is 69.5 Å². The Bertz CT molecular complexity index is 1500. The summed E-state index contributed by atoms with van der Waals surface area (Å²) >= 11 is 1.23. The normalized spacial score (nSPS) is 13.9. The van der Waals surface area contributed by atoms with Crippen molar-refractivity contribution in [2.45, 2.75) is 50.4 Å². The molecule has 5 rings (SSSR count). The van der Waals surface area contributed by atoms with Crippen LogP contribution < -0.4 is 16.2 Å². The summed E-state index contributed by atoms with van der Waals surface area (Å²) in [7, 11) is 1.63. The Hall–Kier alpha value is -3.66. The predicted molar refractivity (Wildman–Crippen MR) is 139 cm³/mol. The molecule has 9 nitrogen and oxygen atoms in total. The zero-order chi connectivity index (χ0) is 25.2. The lowest BCUT2D eigenvalue weighted by molar-refractivity contribution is -0.118. The first-order chi connectivity index (χ1) is 17.4. The van der Waals surface area contributed by atoms with Crippen LogP contribution in [0.4, 0.5) is 0 Å². The summed E-state index contributed by atoms with van der Waals surface area (Å²) in [6, 6.07) is 13.2. The van der Waals surface area contributed by atoms with Gasteiger partial charge in [-0.2, -0.15) is 0 Å². The van der Waals surface area contributed by atoms with Crippen molar-refractivity contribution in [2.75, 3.05) is 5.75 Å². The van der Waals surface area contributed by atoms with Gasteiger partial charge in [-0.15, -0.1) is 10.2 Å². The number of amides is 2. The number of aromatic nitrogens is 4. The van der Waals surface area contributed by atoms with E-state index in [0.29, 0.717) is 33.9 Å². The van der Waals surface area contributed by atoms with E-state index in [1.54, 1.807) is 29.6 Å². The fourth-order valence-electron chi connectivity index (χ4n) is 4.52. The number of hydrogen-bond donors (Lipinski definition) is 2. The number of carbonyl (C=O) groups is 2. The summed E-state index contributed by atoms with van der Waals surface area (Å²) in [6.07, 6.45) is 4.23. The maximum Gasteiger partial charge on any atom is 0.262 e. The first kappa shape index (κ1) is 24.1. The van der Waals surface area contributed by atoms with Gasteiger partial charge >= 0.3 is 0 Å². The first-order valence-corrected chi connectivity index (χ1v) is 13.0. The number of hydrogen-bond acceptors (Lipinski definition) is 6. The van der Waals surface area contributed by atoms with Crippen molar-refractivity contribution in [1.29, 1.82) is 0 Å². The van der Waals surface area contributed by atoms with Crippen LogP contribution in [0.25, 0.3) is 16.7 Å². The molecule has 4 aromatic rings. The number of nitrogens with zero attached hydrogens (tertiary/aromatic N) is 4. The molecule has 0 saturated heterocycles. The number of aryl methyl sites for hydroxylation is 2. The number of nitrogens with one attached hydrogen (secondary N) is 2. The monoisotopic (exact) mass is 504 g/mol. The van der Waals surface area contributed by atoms with E-state index in [1.165, 1.54) is 21.9 Å². The lowest BCUT2D eigenvalue weighted by Crippen LogP contribution is -2.32. The van der Waals surface area contributed by atoms with Gasteiger partial charge in [0.15, 0.2) is 5.16 Å². The molecule has 0 radical (unpaired) electrons. The van der Waals surface area contributed by atoms with Gasteiger partial charge in [0, 0.05) is 25.2 Å². The van der Waals surface area contributed by atoms with Crippen molar-refractivity contribution >= 4 is 40.3 Å². The van der Waals surface area contributed by atoms with Crippen LogP contribution in [-0.4, -0.2) is 42.8 Å². The molecule has 2 N–H and O–H groups in total. The van der Waals surface area contributed by atoms with Gasteiger partial charge in [0.25, 0.3) is 11.5 Å². The number of fused-ring (bicyclic) bond motifs is 3. The zero-order valence-electron chi connectivity index (χ0n) is 20.3. The van der Waals surface area contributed by atoms with Crippen molar-refractivity contribution in [3.63, 3.8) is 0 Å². The van der Waals surface area contributed by atoms with Crippen molar-refractivity contribution < 1.29 is 9.59 Å². The molecule has 0 bridgehead atoms. The molecule has 1 aliphatic carbocycles. The summed E-state index contributed by atoms with van der Waals surface area (Å²) in [5, 5.41) is 15.4. The molecule has 1 fully saturated rings. The van der Waals surface area contributed by atoms with Gasteiger partial charge in [-0.25, -0.2) is 0 Å². The summed E-state index contributed by atoms with van der Waals surface area (Å²) in [5.74, 6) is 0.195. The Morgan fingerprint density at radius 3 is 2.58 bits per heavy atom. The Labute approximate surface area is 212 Å². The van der Waals surface area contributed by atoms with Crippen LogP contribution in [0.2, 0.25) is 0 Å². The topological polar surface area (TPSA) is 110 Å². The van der Waals surface area contributed by atoms with Crippen LogP contribution in [0.5, 0.6) is 0 Å². The largest absolute Gasteiger partial charge is 0.351 e. The third-order valence-corrected chi connectivity index (χ3v) is 7.51. The number of carbonyl (C=O) groups excluding carboxylic acids is 2. The van der Waals surface area contributed by atoms with Gasteiger partial charge in [0.05, 0.1) is 16.7 Å². The van der Waals surface area contributed by atoms with Gasteiger partial charge in [0.2, 0.25) is 11.7 Å². The molecule has 36 heavy (non-hydrogen) atoms. The van der Waals surface area contributed by atoms with Crippen LogP contribution in [-0.2, 0) is 18.4 Å². The highest BCUT2D eigenvalue weighted by atomic mass is 32.2. The molecular formula is C26H28N6O3S.